The van der Waals surface area contributed by atoms with Gasteiger partial charge in [-0.2, -0.15) is 0 Å². The van der Waals surface area contributed by atoms with Crippen molar-refractivity contribution in [3.05, 3.63) is 58.1 Å². The van der Waals surface area contributed by atoms with Gasteiger partial charge in [-0.1, -0.05) is 18.2 Å². The fourth-order valence-corrected chi connectivity index (χ4v) is 3.34. The molecule has 1 aliphatic heterocycles. The van der Waals surface area contributed by atoms with Crippen LogP contribution in [0.15, 0.2) is 42.5 Å². The molecule has 7 heteroatoms. The van der Waals surface area contributed by atoms with Gasteiger partial charge in [-0.3, -0.25) is 10.1 Å². The average molecular weight is 343 g/mol. The second-order valence-electron chi connectivity index (χ2n) is 5.62. The van der Waals surface area contributed by atoms with Crippen LogP contribution in [0.5, 0.6) is 5.75 Å². The Labute approximate surface area is 145 Å². The van der Waals surface area contributed by atoms with Crippen LogP contribution in [0, 0.1) is 10.1 Å². The molecule has 6 nitrogen and oxygen atoms in total. The summed E-state index contributed by atoms with van der Waals surface area (Å²) in [5, 5.41) is 14.6. The number of methoxy groups -OCH3 is 1. The number of para-hydroxylation sites is 1. The van der Waals surface area contributed by atoms with Gasteiger partial charge < -0.3 is 15.0 Å². The van der Waals surface area contributed by atoms with E-state index in [4.69, 9.17) is 17.0 Å². The molecule has 2 aromatic rings. The van der Waals surface area contributed by atoms with Crippen molar-refractivity contribution in [2.75, 3.05) is 17.3 Å². The summed E-state index contributed by atoms with van der Waals surface area (Å²) in [7, 11) is 1.47. The summed E-state index contributed by atoms with van der Waals surface area (Å²) in [6.45, 7) is 2.11. The summed E-state index contributed by atoms with van der Waals surface area (Å²) in [5.41, 5.74) is 2.92. The first-order valence-electron chi connectivity index (χ1n) is 7.52. The van der Waals surface area contributed by atoms with E-state index in [0.717, 1.165) is 12.1 Å². The summed E-state index contributed by atoms with van der Waals surface area (Å²) in [6.07, 6.45) is 0.926. The lowest BCUT2D eigenvalue weighted by atomic mass is 10.1. The van der Waals surface area contributed by atoms with Crippen LogP contribution in [0.25, 0.3) is 0 Å². The zero-order chi connectivity index (χ0) is 17.3. The smallest absolute Gasteiger partial charge is 0.273 e. The number of fused-ring (bicyclic) bond motifs is 1. The van der Waals surface area contributed by atoms with Gasteiger partial charge in [0.2, 0.25) is 0 Å². The van der Waals surface area contributed by atoms with Crippen LogP contribution in [0.2, 0.25) is 0 Å². The van der Waals surface area contributed by atoms with Crippen molar-refractivity contribution in [2.24, 2.45) is 0 Å². The number of hydrogen-bond acceptors (Lipinski definition) is 4. The second-order valence-corrected chi connectivity index (χ2v) is 6.01. The van der Waals surface area contributed by atoms with Gasteiger partial charge in [0.1, 0.15) is 5.75 Å². The van der Waals surface area contributed by atoms with Gasteiger partial charge in [-0.15, -0.1) is 0 Å². The summed E-state index contributed by atoms with van der Waals surface area (Å²) in [4.78, 5) is 12.5. The van der Waals surface area contributed by atoms with Crippen LogP contribution in [0.1, 0.15) is 12.5 Å². The van der Waals surface area contributed by atoms with Crippen molar-refractivity contribution in [3.63, 3.8) is 0 Å². The highest BCUT2D eigenvalue weighted by molar-refractivity contribution is 7.80. The zero-order valence-electron chi connectivity index (χ0n) is 13.4. The van der Waals surface area contributed by atoms with Crippen molar-refractivity contribution >= 4 is 34.4 Å². The maximum Gasteiger partial charge on any atom is 0.273 e. The lowest BCUT2D eigenvalue weighted by Gasteiger charge is -2.26. The quantitative estimate of drug-likeness (QED) is 0.520. The monoisotopic (exact) mass is 343 g/mol. The van der Waals surface area contributed by atoms with Crippen LogP contribution in [0.4, 0.5) is 17.1 Å². The Morgan fingerprint density at radius 3 is 2.83 bits per heavy atom. The number of benzene rings is 2. The van der Waals surface area contributed by atoms with Gasteiger partial charge in [0.15, 0.2) is 5.11 Å². The van der Waals surface area contributed by atoms with Gasteiger partial charge in [-0.25, -0.2) is 0 Å². The Kier molecular flexibility index (Phi) is 4.35. The minimum atomic E-state index is -0.455. The molecule has 0 radical (unpaired) electrons. The van der Waals surface area contributed by atoms with E-state index in [1.807, 2.05) is 18.2 Å². The van der Waals surface area contributed by atoms with E-state index in [1.54, 1.807) is 6.07 Å². The molecule has 1 atom stereocenters. The number of hydrogen-bond donors (Lipinski definition) is 1. The van der Waals surface area contributed by atoms with Gasteiger partial charge >= 0.3 is 0 Å². The van der Waals surface area contributed by atoms with E-state index in [9.17, 15) is 10.1 Å². The third-order valence-electron chi connectivity index (χ3n) is 4.06. The summed E-state index contributed by atoms with van der Waals surface area (Å²) < 4.78 is 5.25. The molecular weight excluding hydrogens is 326 g/mol. The number of nitrogens with zero attached hydrogens (tertiary/aromatic N) is 2. The number of rotatable bonds is 3. The molecule has 0 unspecified atom stereocenters. The maximum absolute atomic E-state index is 10.9. The number of non-ortho nitro benzene ring substituents is 1. The Bertz CT molecular complexity index is 809. The number of nitro benzene ring substituents is 1. The number of thiocarbonyl (C=S) groups is 1. The molecule has 0 saturated carbocycles. The molecule has 1 N–H and O–H groups in total. The number of ether oxygens (including phenoxy) is 1. The molecule has 0 fully saturated rings. The van der Waals surface area contributed by atoms with Gasteiger partial charge in [0.05, 0.1) is 23.8 Å². The maximum atomic E-state index is 10.9. The highest BCUT2D eigenvalue weighted by atomic mass is 32.1. The molecule has 0 aliphatic carbocycles. The van der Waals surface area contributed by atoms with E-state index in [-0.39, 0.29) is 11.7 Å². The normalized spacial score (nSPS) is 15.8. The van der Waals surface area contributed by atoms with Crippen molar-refractivity contribution in [1.82, 2.24) is 0 Å². The molecule has 24 heavy (non-hydrogen) atoms. The van der Waals surface area contributed by atoms with Crippen LogP contribution < -0.4 is 15.0 Å². The van der Waals surface area contributed by atoms with E-state index >= 15 is 0 Å². The molecule has 0 spiro atoms. The van der Waals surface area contributed by atoms with E-state index in [2.05, 4.69) is 23.2 Å². The van der Waals surface area contributed by atoms with E-state index in [0.29, 0.717) is 16.5 Å². The van der Waals surface area contributed by atoms with Crippen LogP contribution in [-0.4, -0.2) is 23.2 Å². The van der Waals surface area contributed by atoms with E-state index in [1.165, 1.54) is 24.8 Å². The Hall–Kier alpha value is -2.67. The minimum absolute atomic E-state index is 0.0248. The van der Waals surface area contributed by atoms with Crippen molar-refractivity contribution in [1.29, 1.82) is 0 Å². The predicted octanol–water partition coefficient (Wildman–Crippen LogP) is 3.75. The molecule has 0 amide bonds. The lowest BCUT2D eigenvalue weighted by Crippen LogP contribution is -2.38. The summed E-state index contributed by atoms with van der Waals surface area (Å²) in [5.74, 6) is 0.381. The minimum Gasteiger partial charge on any atom is -0.494 e. The topological polar surface area (TPSA) is 67.6 Å². The third kappa shape index (κ3) is 2.90. The van der Waals surface area contributed by atoms with Gasteiger partial charge in [-0.05, 0) is 43.3 Å². The van der Waals surface area contributed by atoms with Crippen LogP contribution >= 0.6 is 12.2 Å². The molecule has 3 rings (SSSR count). The highest BCUT2D eigenvalue weighted by Crippen LogP contribution is 2.34. The Morgan fingerprint density at radius 2 is 2.12 bits per heavy atom. The second kappa shape index (κ2) is 6.45. The molecule has 1 aliphatic rings. The fraction of sp³-hybridized carbons (Fsp3) is 0.235. The molecule has 2 aromatic carbocycles. The molecular formula is C17H17N3O3S. The number of nitro groups is 1. The molecule has 1 heterocycles. The Balaban J connectivity index is 1.86. The first-order valence-corrected chi connectivity index (χ1v) is 7.92. The SMILES string of the molecule is COc1cc([N+](=O)[O-])ccc1NC(=S)N1c2ccccc2C[C@H]1C. The Morgan fingerprint density at radius 1 is 1.38 bits per heavy atom. The largest absolute Gasteiger partial charge is 0.494 e. The van der Waals surface area contributed by atoms with E-state index < -0.39 is 4.92 Å². The first-order chi connectivity index (χ1) is 11.5. The molecule has 0 bridgehead atoms. The van der Waals surface area contributed by atoms with Crippen LogP contribution in [0.3, 0.4) is 0 Å². The standard InChI is InChI=1S/C17H17N3O3S/c1-11-9-12-5-3-4-6-15(12)19(11)17(24)18-14-8-7-13(20(21)22)10-16(14)23-2/h3-8,10-11H,9H2,1-2H3,(H,18,24)/t11-/m1/s1. The van der Waals surface area contributed by atoms with Crippen LogP contribution in [-0.2, 0) is 6.42 Å². The van der Waals surface area contributed by atoms with Gasteiger partial charge in [0, 0.05) is 17.8 Å². The number of anilines is 2. The zero-order valence-corrected chi connectivity index (χ0v) is 14.2. The molecule has 0 aromatic heterocycles. The first kappa shape index (κ1) is 16.2. The van der Waals surface area contributed by atoms with Gasteiger partial charge in [0.25, 0.3) is 5.69 Å². The lowest BCUT2D eigenvalue weighted by molar-refractivity contribution is -0.384. The van der Waals surface area contributed by atoms with Crippen molar-refractivity contribution in [2.45, 2.75) is 19.4 Å². The summed E-state index contributed by atoms with van der Waals surface area (Å²) >= 11 is 5.57. The third-order valence-corrected chi connectivity index (χ3v) is 4.36. The average Bonchev–Trinajstić information content (AvgIpc) is 2.90. The molecule has 124 valence electrons. The summed E-state index contributed by atoms with van der Waals surface area (Å²) in [6, 6.07) is 12.8. The van der Waals surface area contributed by atoms with Crippen molar-refractivity contribution in [3.8, 4) is 5.75 Å². The highest BCUT2D eigenvalue weighted by Gasteiger charge is 2.28. The molecule has 0 saturated heterocycles. The fourth-order valence-electron chi connectivity index (χ4n) is 2.95. The van der Waals surface area contributed by atoms with Crippen molar-refractivity contribution < 1.29 is 9.66 Å². The predicted molar refractivity (Wildman–Crippen MR) is 98.0 cm³/mol. The number of nitrogens with one attached hydrogen (secondary N) is 1.